The number of hydrogen-bond acceptors (Lipinski definition) is 4. The molecule has 11 rings (SSSR count). The van der Waals surface area contributed by atoms with Gasteiger partial charge in [-0.05, 0) is 72.8 Å². The van der Waals surface area contributed by atoms with Crippen molar-refractivity contribution in [1.82, 2.24) is 10.6 Å². The lowest BCUT2D eigenvalue weighted by molar-refractivity contribution is 0.411. The standard InChI is InChI=1S/C51H35N3O/c1-2-14-34(15-3-1)39-18-8-20-41-40(39)19-9-21-42(41)43-22-10-23-44-47-45(24-11-25-46(47)55-48(43)44)51-53-49(37-28-26-32-12-4-6-16-35(32)30-37)52-50(54-51)38-29-27-33-13-5-7-17-36(33)31-38/h1-31,49,51,53H,(H,52,54). The van der Waals surface area contributed by atoms with Gasteiger partial charge in [0.1, 0.15) is 29.3 Å². The van der Waals surface area contributed by atoms with Crippen LogP contribution < -0.4 is 10.6 Å². The van der Waals surface area contributed by atoms with Gasteiger partial charge in [-0.15, -0.1) is 0 Å². The second kappa shape index (κ2) is 12.8. The zero-order valence-corrected chi connectivity index (χ0v) is 29.9. The summed E-state index contributed by atoms with van der Waals surface area (Å²) in [5.41, 5.74) is 9.63. The van der Waals surface area contributed by atoms with E-state index in [0.717, 1.165) is 55.6 Å². The molecule has 2 heterocycles. The topological polar surface area (TPSA) is 49.6 Å². The molecule has 0 radical (unpaired) electrons. The lowest BCUT2D eigenvalue weighted by Gasteiger charge is -2.32. The van der Waals surface area contributed by atoms with E-state index in [-0.39, 0.29) is 12.3 Å². The first-order chi connectivity index (χ1) is 27.2. The fourth-order valence-electron chi connectivity index (χ4n) is 8.49. The van der Waals surface area contributed by atoms with Crippen molar-refractivity contribution in [2.45, 2.75) is 12.3 Å². The van der Waals surface area contributed by atoms with E-state index in [1.165, 1.54) is 43.4 Å². The van der Waals surface area contributed by atoms with Gasteiger partial charge >= 0.3 is 0 Å². The highest BCUT2D eigenvalue weighted by Gasteiger charge is 2.28. The summed E-state index contributed by atoms with van der Waals surface area (Å²) in [6, 6.07) is 66.9. The Morgan fingerprint density at radius 2 is 1.09 bits per heavy atom. The predicted molar refractivity (Wildman–Crippen MR) is 228 cm³/mol. The van der Waals surface area contributed by atoms with Crippen LogP contribution in [0, 0.1) is 0 Å². The van der Waals surface area contributed by atoms with E-state index in [0.29, 0.717) is 0 Å². The quantitative estimate of drug-likeness (QED) is 0.187. The summed E-state index contributed by atoms with van der Waals surface area (Å²) in [6.07, 6.45) is -0.537. The Kier molecular flexibility index (Phi) is 7.35. The average Bonchev–Trinajstić information content (AvgIpc) is 3.65. The minimum absolute atomic E-state index is 0.188. The van der Waals surface area contributed by atoms with Crippen LogP contribution in [0.15, 0.2) is 197 Å². The number of rotatable bonds is 5. The van der Waals surface area contributed by atoms with Crippen molar-refractivity contribution in [3.8, 4) is 22.3 Å². The Labute approximate surface area is 318 Å². The molecule has 2 atom stereocenters. The Bertz CT molecular complexity index is 3120. The molecule has 260 valence electrons. The van der Waals surface area contributed by atoms with E-state index >= 15 is 0 Å². The summed E-state index contributed by atoms with van der Waals surface area (Å²) < 4.78 is 6.86. The van der Waals surface area contributed by atoms with E-state index in [4.69, 9.17) is 9.41 Å². The third-order valence-electron chi connectivity index (χ3n) is 11.1. The molecule has 0 fully saturated rings. The maximum Gasteiger partial charge on any atom is 0.143 e. The van der Waals surface area contributed by atoms with Crippen LogP contribution in [-0.2, 0) is 0 Å². The molecule has 0 aliphatic carbocycles. The Morgan fingerprint density at radius 1 is 0.455 bits per heavy atom. The molecule has 2 unspecified atom stereocenters. The highest BCUT2D eigenvalue weighted by molar-refractivity contribution is 6.14. The molecule has 0 spiro atoms. The minimum Gasteiger partial charge on any atom is -0.455 e. The van der Waals surface area contributed by atoms with Crippen molar-refractivity contribution in [2.75, 3.05) is 0 Å². The van der Waals surface area contributed by atoms with Gasteiger partial charge in [0, 0.05) is 27.5 Å². The SMILES string of the molecule is c1ccc(-c2cccc3c(-c4cccc5c4oc4cccc(C6N=C(c7ccc8ccccc8c7)NC(c7ccc8ccccc8c7)N6)c45)cccc23)cc1. The van der Waals surface area contributed by atoms with Crippen LogP contribution in [0.2, 0.25) is 0 Å². The number of amidine groups is 1. The van der Waals surface area contributed by atoms with Crippen molar-refractivity contribution in [3.05, 3.63) is 205 Å². The van der Waals surface area contributed by atoms with E-state index in [1.807, 2.05) is 0 Å². The van der Waals surface area contributed by atoms with Crippen LogP contribution in [0.4, 0.5) is 0 Å². The largest absolute Gasteiger partial charge is 0.455 e. The number of nitrogens with one attached hydrogen (secondary N) is 2. The molecular formula is C51H35N3O. The second-order valence-electron chi connectivity index (χ2n) is 14.4. The molecule has 0 bridgehead atoms. The lowest BCUT2D eigenvalue weighted by Crippen LogP contribution is -2.45. The van der Waals surface area contributed by atoms with Gasteiger partial charge in [-0.25, -0.2) is 4.99 Å². The zero-order valence-electron chi connectivity index (χ0n) is 29.9. The van der Waals surface area contributed by atoms with Crippen molar-refractivity contribution in [1.29, 1.82) is 0 Å². The van der Waals surface area contributed by atoms with Gasteiger partial charge < -0.3 is 9.73 Å². The maximum absolute atomic E-state index is 6.86. The summed E-state index contributed by atoms with van der Waals surface area (Å²) in [4.78, 5) is 5.42. The normalized spacial score (nSPS) is 15.8. The van der Waals surface area contributed by atoms with Gasteiger partial charge in [0.15, 0.2) is 0 Å². The average molecular weight is 706 g/mol. The first kappa shape index (κ1) is 31.5. The summed E-state index contributed by atoms with van der Waals surface area (Å²) in [5.74, 6) is 0.850. The Balaban J connectivity index is 1.07. The van der Waals surface area contributed by atoms with E-state index in [1.54, 1.807) is 0 Å². The minimum atomic E-state index is -0.349. The van der Waals surface area contributed by atoms with Gasteiger partial charge in [-0.2, -0.15) is 0 Å². The number of fused-ring (bicyclic) bond motifs is 6. The molecule has 55 heavy (non-hydrogen) atoms. The number of nitrogens with zero attached hydrogens (tertiary/aromatic N) is 1. The van der Waals surface area contributed by atoms with Crippen LogP contribution in [0.5, 0.6) is 0 Å². The summed E-state index contributed by atoms with van der Waals surface area (Å²) in [6.45, 7) is 0. The van der Waals surface area contributed by atoms with Crippen LogP contribution in [-0.4, -0.2) is 5.84 Å². The van der Waals surface area contributed by atoms with Crippen molar-refractivity contribution < 1.29 is 4.42 Å². The fourth-order valence-corrected chi connectivity index (χ4v) is 8.49. The van der Waals surface area contributed by atoms with E-state index in [2.05, 4.69) is 199 Å². The summed E-state index contributed by atoms with van der Waals surface area (Å²) >= 11 is 0. The van der Waals surface area contributed by atoms with E-state index < -0.39 is 0 Å². The highest BCUT2D eigenvalue weighted by atomic mass is 16.3. The molecule has 4 heteroatoms. The number of para-hydroxylation sites is 1. The molecule has 0 amide bonds. The van der Waals surface area contributed by atoms with E-state index in [9.17, 15) is 0 Å². The molecule has 4 nitrogen and oxygen atoms in total. The smallest absolute Gasteiger partial charge is 0.143 e. The monoisotopic (exact) mass is 705 g/mol. The highest BCUT2D eigenvalue weighted by Crippen LogP contribution is 2.43. The fraction of sp³-hybridized carbons (Fsp3) is 0.0392. The molecule has 1 aliphatic heterocycles. The maximum atomic E-state index is 6.86. The van der Waals surface area contributed by atoms with Crippen molar-refractivity contribution in [3.63, 3.8) is 0 Å². The van der Waals surface area contributed by atoms with Gasteiger partial charge in [-0.3, -0.25) is 5.32 Å². The first-order valence-electron chi connectivity index (χ1n) is 18.9. The number of benzene rings is 9. The van der Waals surface area contributed by atoms with Crippen LogP contribution in [0.1, 0.15) is 29.0 Å². The summed E-state index contributed by atoms with van der Waals surface area (Å²) in [5, 5.41) is 17.0. The predicted octanol–water partition coefficient (Wildman–Crippen LogP) is 12.7. The lowest BCUT2D eigenvalue weighted by atomic mass is 9.92. The molecule has 9 aromatic carbocycles. The number of hydrogen-bond donors (Lipinski definition) is 2. The first-order valence-corrected chi connectivity index (χ1v) is 18.9. The number of aliphatic imine (C=N–C) groups is 1. The molecule has 1 aromatic heterocycles. The van der Waals surface area contributed by atoms with Gasteiger partial charge in [0.05, 0.1) is 0 Å². The third kappa shape index (κ3) is 5.38. The van der Waals surface area contributed by atoms with Gasteiger partial charge in [0.25, 0.3) is 0 Å². The Hall–Kier alpha value is -7.01. The van der Waals surface area contributed by atoms with Crippen LogP contribution in [0.3, 0.4) is 0 Å². The second-order valence-corrected chi connectivity index (χ2v) is 14.4. The van der Waals surface area contributed by atoms with Gasteiger partial charge in [0.2, 0.25) is 0 Å². The molecule has 0 saturated heterocycles. The third-order valence-corrected chi connectivity index (χ3v) is 11.1. The van der Waals surface area contributed by atoms with Crippen LogP contribution in [0.25, 0.3) is 76.5 Å². The van der Waals surface area contributed by atoms with Crippen molar-refractivity contribution in [2.24, 2.45) is 4.99 Å². The zero-order chi connectivity index (χ0) is 36.3. The summed E-state index contributed by atoms with van der Waals surface area (Å²) in [7, 11) is 0. The molecular weight excluding hydrogens is 671 g/mol. The molecule has 0 saturated carbocycles. The molecule has 10 aromatic rings. The molecule has 1 aliphatic rings. The molecule has 2 N–H and O–H groups in total. The number of furan rings is 1. The Morgan fingerprint density at radius 3 is 1.89 bits per heavy atom. The van der Waals surface area contributed by atoms with Gasteiger partial charge in [-0.1, -0.05) is 170 Å². The van der Waals surface area contributed by atoms with Crippen LogP contribution >= 0.6 is 0 Å². The van der Waals surface area contributed by atoms with Crippen molar-refractivity contribution >= 4 is 60.1 Å².